The predicted octanol–water partition coefficient (Wildman–Crippen LogP) is 6.05. The largest absolute Gasteiger partial charge is 0.466 e. The van der Waals surface area contributed by atoms with Gasteiger partial charge in [0.25, 0.3) is 5.69 Å². The summed E-state index contributed by atoms with van der Waals surface area (Å²) in [7, 11) is 1.27. The molecule has 0 spiro atoms. The third kappa shape index (κ3) is 6.00. The summed E-state index contributed by atoms with van der Waals surface area (Å²) < 4.78 is 11.3. The number of nitrogens with one attached hydrogen (secondary N) is 1. The van der Waals surface area contributed by atoms with Gasteiger partial charge in [-0.05, 0) is 55.2 Å². The van der Waals surface area contributed by atoms with Gasteiger partial charge in [0, 0.05) is 36.6 Å². The molecule has 1 N–H and O–H groups in total. The molecule has 2 aliphatic heterocycles. The molecule has 3 aliphatic rings. The Labute approximate surface area is 262 Å². The molecule has 0 radical (unpaired) electrons. The van der Waals surface area contributed by atoms with E-state index in [9.17, 15) is 19.7 Å². The van der Waals surface area contributed by atoms with Gasteiger partial charge in [0.1, 0.15) is 6.10 Å². The number of rotatable bonds is 8. The fourth-order valence-corrected chi connectivity index (χ4v) is 7.48. The van der Waals surface area contributed by atoms with Gasteiger partial charge in [0.2, 0.25) is 0 Å². The number of nitro groups is 1. The Balaban J connectivity index is 1.21. The first-order chi connectivity index (χ1) is 21.7. The third-order valence-electron chi connectivity index (χ3n) is 9.41. The number of dihydropyridines is 1. The van der Waals surface area contributed by atoms with Crippen LogP contribution in [0.2, 0.25) is 0 Å². The van der Waals surface area contributed by atoms with Gasteiger partial charge in [-0.1, -0.05) is 72.8 Å². The molecule has 232 valence electrons. The van der Waals surface area contributed by atoms with Crippen LogP contribution in [0.3, 0.4) is 0 Å². The lowest BCUT2D eigenvalue weighted by Gasteiger charge is -2.31. The van der Waals surface area contributed by atoms with Crippen molar-refractivity contribution in [3.8, 4) is 0 Å². The minimum absolute atomic E-state index is 0.129. The first kappa shape index (κ1) is 30.3. The van der Waals surface area contributed by atoms with Crippen LogP contribution < -0.4 is 5.32 Å². The van der Waals surface area contributed by atoms with E-state index >= 15 is 0 Å². The van der Waals surface area contributed by atoms with Gasteiger partial charge < -0.3 is 14.8 Å². The Morgan fingerprint density at radius 1 is 0.844 bits per heavy atom. The molecule has 0 bridgehead atoms. The lowest BCUT2D eigenvalue weighted by molar-refractivity contribution is -0.384. The summed E-state index contributed by atoms with van der Waals surface area (Å²) in [6.07, 6.45) is 1.24. The minimum atomic E-state index is -0.875. The SMILES string of the molecule is COC(=O)C1=C(C)NC(C)=C(C(=O)OC2CC3CN(C(c4ccccc4)c4ccccc4)CC3C2)C1c1cccc([N+](=O)[O-])c1. The number of hydrogen-bond donors (Lipinski definition) is 1. The van der Waals surface area contributed by atoms with Crippen molar-refractivity contribution in [2.75, 3.05) is 20.2 Å². The Hall–Kier alpha value is -4.76. The van der Waals surface area contributed by atoms with E-state index in [1.807, 2.05) is 12.1 Å². The van der Waals surface area contributed by atoms with Crippen LogP contribution in [-0.2, 0) is 19.1 Å². The average molecular weight is 608 g/mol. The fourth-order valence-electron chi connectivity index (χ4n) is 7.48. The summed E-state index contributed by atoms with van der Waals surface area (Å²) in [5, 5.41) is 14.7. The zero-order chi connectivity index (χ0) is 31.7. The molecule has 1 saturated carbocycles. The molecule has 0 aromatic heterocycles. The summed E-state index contributed by atoms with van der Waals surface area (Å²) >= 11 is 0. The standard InChI is InChI=1S/C36H37N3O6/c1-22-31(35(40)44-3)33(26-15-10-16-29(17-26)39(42)43)32(23(2)37-22)36(41)45-30-18-27-20-38(21-28(27)19-30)34(24-11-6-4-7-12-24)25-13-8-5-9-14-25/h4-17,27-28,30,33-34,37H,18-21H2,1-3H3. The van der Waals surface area contributed by atoms with Crippen molar-refractivity contribution in [1.29, 1.82) is 0 Å². The molecule has 45 heavy (non-hydrogen) atoms. The lowest BCUT2D eigenvalue weighted by Crippen LogP contribution is -2.33. The number of benzene rings is 3. The van der Waals surface area contributed by atoms with E-state index < -0.39 is 22.8 Å². The molecule has 2 fully saturated rings. The van der Waals surface area contributed by atoms with Crippen molar-refractivity contribution in [1.82, 2.24) is 10.2 Å². The molecule has 3 aromatic carbocycles. The van der Waals surface area contributed by atoms with Crippen LogP contribution in [0.25, 0.3) is 0 Å². The molecule has 3 atom stereocenters. The van der Waals surface area contributed by atoms with Crippen molar-refractivity contribution < 1.29 is 24.0 Å². The number of hydrogen-bond acceptors (Lipinski definition) is 8. The van der Waals surface area contributed by atoms with Gasteiger partial charge >= 0.3 is 11.9 Å². The number of nitrogens with zero attached hydrogens (tertiary/aromatic N) is 2. The van der Waals surface area contributed by atoms with Crippen LogP contribution in [-0.4, -0.2) is 48.1 Å². The second-order valence-corrected chi connectivity index (χ2v) is 12.2. The lowest BCUT2D eigenvalue weighted by atomic mass is 9.80. The van der Waals surface area contributed by atoms with Crippen LogP contribution in [0.15, 0.2) is 107 Å². The fraction of sp³-hybridized carbons (Fsp3) is 0.333. The van der Waals surface area contributed by atoms with Crippen LogP contribution in [0.5, 0.6) is 0 Å². The summed E-state index contributed by atoms with van der Waals surface area (Å²) in [4.78, 5) is 40.6. The molecule has 0 amide bonds. The summed E-state index contributed by atoms with van der Waals surface area (Å²) in [5.74, 6) is -1.25. The Morgan fingerprint density at radius 2 is 1.40 bits per heavy atom. The predicted molar refractivity (Wildman–Crippen MR) is 169 cm³/mol. The van der Waals surface area contributed by atoms with Crippen molar-refractivity contribution in [2.45, 2.75) is 44.8 Å². The first-order valence-corrected chi connectivity index (χ1v) is 15.3. The van der Waals surface area contributed by atoms with E-state index in [1.54, 1.807) is 26.0 Å². The summed E-state index contributed by atoms with van der Waals surface area (Å²) in [5.41, 5.74) is 4.38. The highest BCUT2D eigenvalue weighted by molar-refractivity contribution is 6.00. The number of nitro benzene ring substituents is 1. The van der Waals surface area contributed by atoms with Crippen LogP contribution in [0.1, 0.15) is 55.3 Å². The normalized spacial score (nSPS) is 23.1. The minimum Gasteiger partial charge on any atom is -0.466 e. The molecular formula is C36H37N3O6. The Kier molecular flexibility index (Phi) is 8.54. The number of methoxy groups -OCH3 is 1. The number of carbonyl (C=O) groups excluding carboxylic acids is 2. The van der Waals surface area contributed by atoms with E-state index in [-0.39, 0.29) is 29.0 Å². The van der Waals surface area contributed by atoms with E-state index in [2.05, 4.69) is 58.7 Å². The molecule has 9 heteroatoms. The Morgan fingerprint density at radius 3 is 1.93 bits per heavy atom. The van der Waals surface area contributed by atoms with Crippen LogP contribution >= 0.6 is 0 Å². The second-order valence-electron chi connectivity index (χ2n) is 12.2. The van der Waals surface area contributed by atoms with E-state index in [0.717, 1.165) is 25.9 Å². The van der Waals surface area contributed by atoms with E-state index in [0.29, 0.717) is 28.8 Å². The molecule has 1 saturated heterocycles. The summed E-state index contributed by atoms with van der Waals surface area (Å²) in [6, 6.07) is 27.3. The van der Waals surface area contributed by atoms with Crippen LogP contribution in [0, 0.1) is 22.0 Å². The van der Waals surface area contributed by atoms with E-state index in [4.69, 9.17) is 9.47 Å². The number of carbonyl (C=O) groups is 2. The number of non-ortho nitro benzene ring substituents is 1. The quantitative estimate of drug-likeness (QED) is 0.187. The first-order valence-electron chi connectivity index (χ1n) is 15.3. The third-order valence-corrected chi connectivity index (χ3v) is 9.41. The van der Waals surface area contributed by atoms with Crippen molar-refractivity contribution >= 4 is 17.6 Å². The molecule has 1 aliphatic carbocycles. The second kappa shape index (κ2) is 12.7. The number of fused-ring (bicyclic) bond motifs is 1. The van der Waals surface area contributed by atoms with Gasteiger partial charge in [-0.25, -0.2) is 9.59 Å². The van der Waals surface area contributed by atoms with Gasteiger partial charge in [0.15, 0.2) is 0 Å². The maximum absolute atomic E-state index is 14.0. The topological polar surface area (TPSA) is 111 Å². The smallest absolute Gasteiger partial charge is 0.337 e. The Bertz CT molecular complexity index is 1610. The molecule has 6 rings (SSSR count). The maximum atomic E-state index is 14.0. The molecule has 3 aromatic rings. The highest BCUT2D eigenvalue weighted by atomic mass is 16.6. The molecule has 9 nitrogen and oxygen atoms in total. The molecule has 2 heterocycles. The van der Waals surface area contributed by atoms with Crippen molar-refractivity contribution in [3.05, 3.63) is 134 Å². The molecule has 3 unspecified atom stereocenters. The summed E-state index contributed by atoms with van der Waals surface area (Å²) in [6.45, 7) is 5.29. The number of likely N-dealkylation sites (tertiary alicyclic amines) is 1. The van der Waals surface area contributed by atoms with Gasteiger partial charge in [0.05, 0.1) is 35.1 Å². The highest BCUT2D eigenvalue weighted by Crippen LogP contribution is 2.45. The van der Waals surface area contributed by atoms with Crippen LogP contribution in [0.4, 0.5) is 5.69 Å². The van der Waals surface area contributed by atoms with Gasteiger partial charge in [-0.15, -0.1) is 0 Å². The maximum Gasteiger partial charge on any atom is 0.337 e. The van der Waals surface area contributed by atoms with Crippen molar-refractivity contribution in [3.63, 3.8) is 0 Å². The van der Waals surface area contributed by atoms with Crippen molar-refractivity contribution in [2.24, 2.45) is 11.8 Å². The average Bonchev–Trinajstić information content (AvgIpc) is 3.60. The molecular weight excluding hydrogens is 570 g/mol. The monoisotopic (exact) mass is 607 g/mol. The van der Waals surface area contributed by atoms with Gasteiger partial charge in [-0.3, -0.25) is 15.0 Å². The number of allylic oxidation sites excluding steroid dienone is 2. The zero-order valence-corrected chi connectivity index (χ0v) is 25.6. The highest BCUT2D eigenvalue weighted by Gasteiger charge is 2.46. The number of esters is 2. The zero-order valence-electron chi connectivity index (χ0n) is 25.6. The van der Waals surface area contributed by atoms with Gasteiger partial charge in [-0.2, -0.15) is 0 Å². The number of ether oxygens (including phenoxy) is 2. The van der Waals surface area contributed by atoms with E-state index in [1.165, 1.54) is 30.4 Å².